The van der Waals surface area contributed by atoms with Crippen molar-refractivity contribution in [3.05, 3.63) is 99.0 Å². The number of halogens is 2. The fourth-order valence-electron chi connectivity index (χ4n) is 5.41. The van der Waals surface area contributed by atoms with E-state index in [0.717, 1.165) is 5.56 Å². The van der Waals surface area contributed by atoms with Crippen molar-refractivity contribution in [1.82, 2.24) is 0 Å². The first-order valence-electron chi connectivity index (χ1n) is 12.3. The second-order valence-corrected chi connectivity index (χ2v) is 11.6. The molecule has 1 aliphatic carbocycles. The third-order valence-electron chi connectivity index (χ3n) is 7.39. The van der Waals surface area contributed by atoms with E-state index < -0.39 is 47.0 Å². The minimum absolute atomic E-state index is 0.0560. The van der Waals surface area contributed by atoms with Crippen LogP contribution in [0.15, 0.2) is 66.7 Å². The van der Waals surface area contributed by atoms with Crippen molar-refractivity contribution in [2.24, 2.45) is 11.8 Å². The molecule has 7 nitrogen and oxygen atoms in total. The third-order valence-corrected chi connectivity index (χ3v) is 8.13. The number of amides is 1. The molecule has 1 aliphatic heterocycles. The number of fused-ring (bicyclic) bond motifs is 1. The van der Waals surface area contributed by atoms with Crippen LogP contribution < -0.4 is 5.32 Å². The topological polar surface area (TPSA) is 110 Å². The monoisotopic (exact) mass is 565 g/mol. The predicted molar refractivity (Wildman–Crippen MR) is 147 cm³/mol. The molecular weight excluding hydrogens is 541 g/mol. The van der Waals surface area contributed by atoms with Gasteiger partial charge < -0.3 is 15.2 Å². The van der Waals surface area contributed by atoms with Crippen LogP contribution in [0.1, 0.15) is 58.7 Å². The fourth-order valence-corrected chi connectivity index (χ4v) is 5.71. The van der Waals surface area contributed by atoms with Gasteiger partial charge in [0.25, 0.3) is 0 Å². The van der Waals surface area contributed by atoms with E-state index in [4.69, 9.17) is 27.9 Å². The lowest BCUT2D eigenvalue weighted by Crippen LogP contribution is -2.52. The van der Waals surface area contributed by atoms with Crippen molar-refractivity contribution in [3.8, 4) is 0 Å². The molecule has 3 atom stereocenters. The molecule has 0 aromatic heterocycles. The first-order valence-corrected chi connectivity index (χ1v) is 13.1. The summed E-state index contributed by atoms with van der Waals surface area (Å²) in [6.07, 6.45) is -1.28. The van der Waals surface area contributed by atoms with E-state index in [2.05, 4.69) is 26.1 Å². The van der Waals surface area contributed by atoms with E-state index >= 15 is 0 Å². The standard InChI is InChI=1S/C30H25Cl2NO6/c1-29(2,3)16-9-11-17(12-10-16)33-27(36)22-23(28(37)38)30(25(34)18-6-4-5-7-19(18)26(30)35)39-24(22)15-8-13-20(31)21(32)14-15/h4-14,22-24H,1-3H3,(H,33,36)(H,37,38). The van der Waals surface area contributed by atoms with Crippen LogP contribution in [0.5, 0.6) is 0 Å². The molecule has 2 N–H and O–H groups in total. The number of hydrogen-bond acceptors (Lipinski definition) is 5. The van der Waals surface area contributed by atoms with Gasteiger partial charge in [-0.3, -0.25) is 19.2 Å². The van der Waals surface area contributed by atoms with Crippen molar-refractivity contribution in [2.75, 3.05) is 5.32 Å². The maximum atomic E-state index is 13.8. The smallest absolute Gasteiger partial charge is 0.311 e. The van der Waals surface area contributed by atoms with Gasteiger partial charge in [0, 0.05) is 16.8 Å². The number of ketones is 2. The molecule has 200 valence electrons. The Hall–Kier alpha value is -3.52. The number of hydrogen-bond donors (Lipinski definition) is 2. The summed E-state index contributed by atoms with van der Waals surface area (Å²) in [6, 6.07) is 17.7. The first kappa shape index (κ1) is 27.1. The van der Waals surface area contributed by atoms with Gasteiger partial charge in [-0.1, -0.05) is 86.4 Å². The van der Waals surface area contributed by atoms with Gasteiger partial charge in [0.15, 0.2) is 0 Å². The Bertz CT molecular complexity index is 1490. The van der Waals surface area contributed by atoms with Gasteiger partial charge in [-0.15, -0.1) is 0 Å². The van der Waals surface area contributed by atoms with E-state index in [1.165, 1.54) is 30.3 Å². The van der Waals surface area contributed by atoms with E-state index in [0.29, 0.717) is 11.3 Å². The number of rotatable bonds is 4. The number of carboxylic acid groups (broad SMARTS) is 1. The number of aliphatic carboxylic acids is 1. The van der Waals surface area contributed by atoms with Crippen LogP contribution in [0.4, 0.5) is 5.69 Å². The van der Waals surface area contributed by atoms with E-state index in [1.54, 1.807) is 24.3 Å². The molecule has 1 amide bonds. The number of carbonyl (C=O) groups excluding carboxylic acids is 3. The largest absolute Gasteiger partial charge is 0.481 e. The van der Waals surface area contributed by atoms with Crippen LogP contribution in [-0.4, -0.2) is 34.2 Å². The lowest BCUT2D eigenvalue weighted by Gasteiger charge is -2.25. The minimum Gasteiger partial charge on any atom is -0.481 e. The number of carboxylic acids is 1. The van der Waals surface area contributed by atoms with E-state index in [-0.39, 0.29) is 26.6 Å². The molecule has 3 unspecified atom stereocenters. The molecule has 3 aromatic rings. The van der Waals surface area contributed by atoms with Crippen LogP contribution in [0, 0.1) is 11.8 Å². The van der Waals surface area contributed by atoms with Gasteiger partial charge >= 0.3 is 5.97 Å². The fraction of sp³-hybridized carbons (Fsp3) is 0.267. The zero-order valence-electron chi connectivity index (χ0n) is 21.3. The molecule has 5 rings (SSSR count). The predicted octanol–water partition coefficient (Wildman–Crippen LogP) is 6.14. The van der Waals surface area contributed by atoms with E-state index in [1.807, 2.05) is 12.1 Å². The Balaban J connectivity index is 1.61. The zero-order chi connectivity index (χ0) is 28.3. The summed E-state index contributed by atoms with van der Waals surface area (Å²) < 4.78 is 6.16. The summed E-state index contributed by atoms with van der Waals surface area (Å²) in [6.45, 7) is 6.18. The van der Waals surface area contributed by atoms with Crippen molar-refractivity contribution < 1.29 is 29.0 Å². The van der Waals surface area contributed by atoms with Gasteiger partial charge in [-0.05, 0) is 40.8 Å². The molecule has 9 heteroatoms. The van der Waals surface area contributed by atoms with Crippen LogP contribution >= 0.6 is 23.2 Å². The Kier molecular flexibility index (Phi) is 6.66. The molecule has 1 spiro atoms. The summed E-state index contributed by atoms with van der Waals surface area (Å²) in [5, 5.41) is 13.6. The Morgan fingerprint density at radius 1 is 0.897 bits per heavy atom. The van der Waals surface area contributed by atoms with E-state index in [9.17, 15) is 24.3 Å². The summed E-state index contributed by atoms with van der Waals surface area (Å²) in [5.41, 5.74) is -0.628. The summed E-state index contributed by atoms with van der Waals surface area (Å²) in [7, 11) is 0. The van der Waals surface area contributed by atoms with Crippen LogP contribution in [0.25, 0.3) is 0 Å². The molecule has 1 saturated heterocycles. The normalized spacial score (nSPS) is 21.7. The highest BCUT2D eigenvalue weighted by atomic mass is 35.5. The molecule has 1 fully saturated rings. The number of Topliss-reactive ketones (excluding diaryl/α,β-unsaturated/α-hetero) is 2. The average molecular weight is 566 g/mol. The lowest BCUT2D eigenvalue weighted by atomic mass is 9.75. The third kappa shape index (κ3) is 4.35. The Morgan fingerprint density at radius 3 is 2.00 bits per heavy atom. The number of nitrogens with one attached hydrogen (secondary N) is 1. The number of anilines is 1. The Morgan fingerprint density at radius 2 is 1.49 bits per heavy atom. The van der Waals surface area contributed by atoms with Crippen molar-refractivity contribution in [2.45, 2.75) is 37.9 Å². The SMILES string of the molecule is CC(C)(C)c1ccc(NC(=O)C2C(c3ccc(Cl)c(Cl)c3)OC3(C(=O)c4ccccc4C3=O)C2C(=O)O)cc1. The number of carbonyl (C=O) groups is 4. The van der Waals surface area contributed by atoms with Crippen molar-refractivity contribution >= 4 is 52.3 Å². The van der Waals surface area contributed by atoms with Crippen LogP contribution in [0.3, 0.4) is 0 Å². The Labute approximate surface area is 235 Å². The first-order chi connectivity index (χ1) is 18.4. The summed E-state index contributed by atoms with van der Waals surface area (Å²) in [4.78, 5) is 54.1. The number of benzene rings is 3. The second kappa shape index (κ2) is 9.59. The zero-order valence-corrected chi connectivity index (χ0v) is 22.8. The molecule has 0 saturated carbocycles. The van der Waals surface area contributed by atoms with Crippen molar-refractivity contribution in [3.63, 3.8) is 0 Å². The number of ether oxygens (including phenoxy) is 1. The summed E-state index contributed by atoms with van der Waals surface area (Å²) >= 11 is 12.3. The molecule has 0 radical (unpaired) electrons. The molecule has 0 bridgehead atoms. The maximum absolute atomic E-state index is 13.8. The van der Waals surface area contributed by atoms with Gasteiger partial charge in [0.05, 0.1) is 22.1 Å². The van der Waals surface area contributed by atoms with Gasteiger partial charge in [0.1, 0.15) is 5.92 Å². The van der Waals surface area contributed by atoms with Crippen LogP contribution in [-0.2, 0) is 19.7 Å². The van der Waals surface area contributed by atoms with Gasteiger partial charge in [0.2, 0.25) is 23.1 Å². The quantitative estimate of drug-likeness (QED) is 0.368. The van der Waals surface area contributed by atoms with Gasteiger partial charge in [-0.2, -0.15) is 0 Å². The highest BCUT2D eigenvalue weighted by Gasteiger charge is 2.71. The van der Waals surface area contributed by atoms with Crippen molar-refractivity contribution in [1.29, 1.82) is 0 Å². The molecular formula is C30H25Cl2NO6. The summed E-state index contributed by atoms with van der Waals surface area (Å²) in [5.74, 6) is -7.05. The lowest BCUT2D eigenvalue weighted by molar-refractivity contribution is -0.147. The highest BCUT2D eigenvalue weighted by Crippen LogP contribution is 2.54. The average Bonchev–Trinajstić information content (AvgIpc) is 3.36. The molecule has 2 aliphatic rings. The van der Waals surface area contributed by atoms with Crippen LogP contribution in [0.2, 0.25) is 10.0 Å². The molecule has 3 aromatic carbocycles. The minimum atomic E-state index is -2.41. The second-order valence-electron chi connectivity index (χ2n) is 10.8. The molecule has 1 heterocycles. The van der Waals surface area contributed by atoms with Gasteiger partial charge in [-0.25, -0.2) is 0 Å². The maximum Gasteiger partial charge on any atom is 0.311 e. The molecule has 39 heavy (non-hydrogen) atoms. The highest BCUT2D eigenvalue weighted by molar-refractivity contribution is 6.42.